The highest BCUT2D eigenvalue weighted by molar-refractivity contribution is 7.21. The molecule has 3 heterocycles. The second-order valence-electron chi connectivity index (χ2n) is 8.37. The molecule has 0 spiro atoms. The number of carbonyl (C=O) groups is 1. The SMILES string of the molecule is CC1CCc2c(sc(NC(=O)c3sc4nc(N)c(C#N)c(-c5ccccc5)c4c3N)c2C#N)C1. The molecule has 7 nitrogen and oxygen atoms in total. The van der Waals surface area contributed by atoms with Gasteiger partial charge in [-0.05, 0) is 36.3 Å². The Morgan fingerprint density at radius 1 is 1.15 bits per heavy atom. The average Bonchev–Trinajstić information content (AvgIpc) is 3.34. The summed E-state index contributed by atoms with van der Waals surface area (Å²) in [4.78, 5) is 19.6. The Morgan fingerprint density at radius 2 is 1.88 bits per heavy atom. The van der Waals surface area contributed by atoms with E-state index in [4.69, 9.17) is 11.5 Å². The van der Waals surface area contributed by atoms with Crippen LogP contribution in [0.15, 0.2) is 30.3 Å². The molecule has 34 heavy (non-hydrogen) atoms. The van der Waals surface area contributed by atoms with Crippen molar-refractivity contribution in [1.29, 1.82) is 10.5 Å². The Morgan fingerprint density at radius 3 is 2.59 bits per heavy atom. The van der Waals surface area contributed by atoms with E-state index in [2.05, 4.69) is 29.4 Å². The van der Waals surface area contributed by atoms with Gasteiger partial charge in [0, 0.05) is 15.8 Å². The third kappa shape index (κ3) is 3.47. The summed E-state index contributed by atoms with van der Waals surface area (Å²) in [6.45, 7) is 2.20. The Hall–Kier alpha value is -3.92. The van der Waals surface area contributed by atoms with E-state index >= 15 is 0 Å². The van der Waals surface area contributed by atoms with E-state index in [1.165, 1.54) is 11.3 Å². The highest BCUT2D eigenvalue weighted by atomic mass is 32.1. The molecule has 1 unspecified atom stereocenters. The summed E-state index contributed by atoms with van der Waals surface area (Å²) in [6.07, 6.45) is 2.79. The van der Waals surface area contributed by atoms with Gasteiger partial charge in [0.05, 0.1) is 11.3 Å². The predicted octanol–water partition coefficient (Wildman–Crippen LogP) is 5.31. The summed E-state index contributed by atoms with van der Waals surface area (Å²) in [5, 5.41) is 23.5. The molecule has 0 saturated heterocycles. The Kier molecular flexibility index (Phi) is 5.45. The zero-order valence-corrected chi connectivity index (χ0v) is 19.9. The van der Waals surface area contributed by atoms with Crippen LogP contribution in [0.1, 0.15) is 44.6 Å². The number of pyridine rings is 1. The lowest BCUT2D eigenvalue weighted by Gasteiger charge is -2.17. The van der Waals surface area contributed by atoms with Crippen molar-refractivity contribution >= 4 is 55.3 Å². The van der Waals surface area contributed by atoms with Crippen molar-refractivity contribution in [2.75, 3.05) is 16.8 Å². The maximum absolute atomic E-state index is 13.3. The molecule has 4 aromatic rings. The molecule has 0 aliphatic heterocycles. The van der Waals surface area contributed by atoms with Gasteiger partial charge in [-0.2, -0.15) is 10.5 Å². The lowest BCUT2D eigenvalue weighted by molar-refractivity contribution is 0.103. The van der Waals surface area contributed by atoms with Crippen molar-refractivity contribution in [3.05, 3.63) is 56.8 Å². The van der Waals surface area contributed by atoms with Crippen LogP contribution in [-0.4, -0.2) is 10.9 Å². The smallest absolute Gasteiger partial charge is 0.268 e. The van der Waals surface area contributed by atoms with Crippen LogP contribution in [0.2, 0.25) is 0 Å². The van der Waals surface area contributed by atoms with E-state index in [0.717, 1.165) is 46.6 Å². The monoisotopic (exact) mass is 484 g/mol. The van der Waals surface area contributed by atoms with E-state index in [1.54, 1.807) is 0 Å². The summed E-state index contributed by atoms with van der Waals surface area (Å²) in [6, 6.07) is 13.7. The zero-order valence-electron chi connectivity index (χ0n) is 18.3. The van der Waals surface area contributed by atoms with Gasteiger partial charge in [0.1, 0.15) is 38.2 Å². The quantitative estimate of drug-likeness (QED) is 0.360. The van der Waals surface area contributed by atoms with Gasteiger partial charge in [0.25, 0.3) is 5.91 Å². The number of thiophene rings is 2. The van der Waals surface area contributed by atoms with E-state index in [0.29, 0.717) is 32.3 Å². The number of benzene rings is 1. The molecule has 9 heteroatoms. The molecule has 0 bridgehead atoms. The highest BCUT2D eigenvalue weighted by Crippen LogP contribution is 2.44. The second kappa shape index (κ2) is 8.45. The van der Waals surface area contributed by atoms with Crippen molar-refractivity contribution in [2.45, 2.75) is 26.2 Å². The first-order chi connectivity index (χ1) is 16.4. The molecule has 5 rings (SSSR count). The number of aromatic nitrogens is 1. The number of rotatable bonds is 3. The summed E-state index contributed by atoms with van der Waals surface area (Å²) in [7, 11) is 0. The topological polar surface area (TPSA) is 142 Å². The van der Waals surface area contributed by atoms with Crippen molar-refractivity contribution < 1.29 is 4.79 Å². The molecule has 3 aromatic heterocycles. The molecule has 5 N–H and O–H groups in total. The number of hydrogen-bond acceptors (Lipinski definition) is 8. The van der Waals surface area contributed by atoms with Gasteiger partial charge < -0.3 is 16.8 Å². The van der Waals surface area contributed by atoms with Crippen molar-refractivity contribution in [1.82, 2.24) is 4.98 Å². The van der Waals surface area contributed by atoms with E-state index in [9.17, 15) is 15.3 Å². The molecular formula is C25H20N6OS2. The summed E-state index contributed by atoms with van der Waals surface area (Å²) in [5.41, 5.74) is 16.0. The number of nitrogens with one attached hydrogen (secondary N) is 1. The molecular weight excluding hydrogens is 464 g/mol. The van der Waals surface area contributed by atoms with Crippen LogP contribution in [0.25, 0.3) is 21.3 Å². The standard InChI is InChI=1S/C25H20N6OS2/c1-12-7-8-14-15(10-26)24(33-17(14)9-12)31-23(32)21-20(28)19-18(13-5-3-2-4-6-13)16(11-27)22(29)30-25(19)34-21/h2-6,12H,7-9,28H2,1H3,(H2,29,30)(H,31,32). The number of nitrogens with two attached hydrogens (primary N) is 2. The molecule has 168 valence electrons. The Labute approximate surface area is 204 Å². The van der Waals surface area contributed by atoms with E-state index < -0.39 is 5.91 Å². The van der Waals surface area contributed by atoms with Crippen LogP contribution >= 0.6 is 22.7 Å². The normalized spacial score (nSPS) is 14.9. The predicted molar refractivity (Wildman–Crippen MR) is 137 cm³/mol. The van der Waals surface area contributed by atoms with Crippen LogP contribution in [0.4, 0.5) is 16.5 Å². The summed E-state index contributed by atoms with van der Waals surface area (Å²) >= 11 is 2.59. The van der Waals surface area contributed by atoms with Gasteiger partial charge in [-0.25, -0.2) is 4.98 Å². The average molecular weight is 485 g/mol. The lowest BCUT2D eigenvalue weighted by atomic mass is 9.89. The van der Waals surface area contributed by atoms with Crippen LogP contribution < -0.4 is 16.8 Å². The maximum Gasteiger partial charge on any atom is 0.268 e. The van der Waals surface area contributed by atoms with Crippen molar-refractivity contribution in [3.63, 3.8) is 0 Å². The first-order valence-electron chi connectivity index (χ1n) is 10.8. The fourth-order valence-electron chi connectivity index (χ4n) is 4.46. The summed E-state index contributed by atoms with van der Waals surface area (Å²) in [5.74, 6) is 0.246. The second-order valence-corrected chi connectivity index (χ2v) is 10.5. The number of anilines is 3. The van der Waals surface area contributed by atoms with Crippen molar-refractivity contribution in [2.24, 2.45) is 5.92 Å². The minimum Gasteiger partial charge on any atom is -0.397 e. The first kappa shape index (κ1) is 21.9. The molecule has 1 amide bonds. The van der Waals surface area contributed by atoms with E-state index in [-0.39, 0.29) is 21.9 Å². The molecule has 0 radical (unpaired) electrons. The number of carbonyl (C=O) groups excluding carboxylic acids is 1. The van der Waals surface area contributed by atoms with Crippen molar-refractivity contribution in [3.8, 4) is 23.3 Å². The van der Waals surface area contributed by atoms with Crippen LogP contribution in [0.5, 0.6) is 0 Å². The van der Waals surface area contributed by atoms with Gasteiger partial charge in [0.2, 0.25) is 0 Å². The number of nitriles is 2. The van der Waals surface area contributed by atoms with Gasteiger partial charge in [-0.3, -0.25) is 4.79 Å². The van der Waals surface area contributed by atoms with Gasteiger partial charge in [-0.1, -0.05) is 37.3 Å². The number of fused-ring (bicyclic) bond motifs is 2. The minimum atomic E-state index is -0.403. The highest BCUT2D eigenvalue weighted by Gasteiger charge is 2.27. The van der Waals surface area contributed by atoms with Crippen LogP contribution in [-0.2, 0) is 12.8 Å². The Bertz CT molecular complexity index is 1540. The first-order valence-corrected chi connectivity index (χ1v) is 12.4. The van der Waals surface area contributed by atoms with Gasteiger partial charge in [-0.15, -0.1) is 22.7 Å². The number of hydrogen-bond donors (Lipinski definition) is 3. The third-order valence-corrected chi connectivity index (χ3v) is 8.40. The molecule has 1 atom stereocenters. The molecule has 1 aromatic carbocycles. The molecule has 0 saturated carbocycles. The van der Waals surface area contributed by atoms with E-state index in [1.807, 2.05) is 30.3 Å². The lowest BCUT2D eigenvalue weighted by Crippen LogP contribution is -2.12. The minimum absolute atomic E-state index is 0.0916. The number of nitrogen functional groups attached to an aromatic ring is 2. The molecule has 1 aliphatic carbocycles. The third-order valence-electron chi connectivity index (χ3n) is 6.14. The fraction of sp³-hybridized carbons (Fsp3) is 0.200. The summed E-state index contributed by atoms with van der Waals surface area (Å²) < 4.78 is 0. The molecule has 0 fully saturated rings. The molecule has 1 aliphatic rings. The van der Waals surface area contributed by atoms with Gasteiger partial charge >= 0.3 is 0 Å². The van der Waals surface area contributed by atoms with Crippen LogP contribution in [0.3, 0.4) is 0 Å². The number of nitrogens with zero attached hydrogens (tertiary/aromatic N) is 3. The Balaban J connectivity index is 1.61. The van der Waals surface area contributed by atoms with Gasteiger partial charge in [0.15, 0.2) is 0 Å². The largest absolute Gasteiger partial charge is 0.397 e. The van der Waals surface area contributed by atoms with Crippen LogP contribution in [0, 0.1) is 28.6 Å². The number of amides is 1. The fourth-order valence-corrected chi connectivity index (χ4v) is 6.83. The zero-order chi connectivity index (χ0) is 24.0. The maximum atomic E-state index is 13.3.